The van der Waals surface area contributed by atoms with Gasteiger partial charge in [0.1, 0.15) is 15.7 Å². The van der Waals surface area contributed by atoms with Gasteiger partial charge in [-0.2, -0.15) is 0 Å². The number of carbonyl (C=O) groups is 1. The first-order chi connectivity index (χ1) is 13.2. The lowest BCUT2D eigenvalue weighted by molar-refractivity contribution is 0.0601. The van der Waals surface area contributed by atoms with Gasteiger partial charge in [0.15, 0.2) is 16.7 Å². The number of hydrogen-bond acceptors (Lipinski definition) is 8. The van der Waals surface area contributed by atoms with Gasteiger partial charge >= 0.3 is 5.97 Å². The summed E-state index contributed by atoms with van der Waals surface area (Å²) in [7, 11) is 0.802. The van der Waals surface area contributed by atoms with Crippen LogP contribution in [0.2, 0.25) is 10.3 Å². The summed E-state index contributed by atoms with van der Waals surface area (Å²) in [6.45, 7) is 0. The lowest BCUT2D eigenvalue weighted by Crippen LogP contribution is -2.18. The van der Waals surface area contributed by atoms with Gasteiger partial charge in [0.05, 0.1) is 34.0 Å². The third kappa shape index (κ3) is 4.18. The molecule has 1 aromatic carbocycles. The summed E-state index contributed by atoms with van der Waals surface area (Å²) >= 11 is 11.6. The molecule has 1 N–H and O–H groups in total. The fourth-order valence-electron chi connectivity index (χ4n) is 2.32. The molecule has 0 aliphatic rings. The van der Waals surface area contributed by atoms with Gasteiger partial charge in [-0.15, -0.1) is 0 Å². The van der Waals surface area contributed by atoms with Gasteiger partial charge in [-0.3, -0.25) is 4.72 Å². The topological polar surface area (TPSA) is 113 Å². The number of hydrogen-bond donors (Lipinski definition) is 1. The number of ether oxygens (including phenoxy) is 4. The number of esters is 1. The van der Waals surface area contributed by atoms with Crippen LogP contribution in [0.3, 0.4) is 0 Å². The van der Waals surface area contributed by atoms with Gasteiger partial charge in [0, 0.05) is 6.07 Å². The number of pyridine rings is 1. The molecular formula is C16H16Cl2N2O7S. The fraction of sp³-hybridized carbons (Fsp3) is 0.250. The monoisotopic (exact) mass is 450 g/mol. The van der Waals surface area contributed by atoms with Crippen molar-refractivity contribution < 1.29 is 32.2 Å². The molecule has 0 amide bonds. The van der Waals surface area contributed by atoms with Crippen molar-refractivity contribution in [3.8, 4) is 17.2 Å². The highest BCUT2D eigenvalue weighted by atomic mass is 35.5. The van der Waals surface area contributed by atoms with Crippen LogP contribution in [0.5, 0.6) is 17.2 Å². The van der Waals surface area contributed by atoms with Gasteiger partial charge in [-0.25, -0.2) is 18.2 Å². The van der Waals surface area contributed by atoms with E-state index < -0.39 is 16.0 Å². The molecule has 0 aliphatic carbocycles. The SMILES string of the molecule is COC(=O)c1cc(OC)c(OC)c(OC)c1NS(=O)(=O)c1ccc(Cl)nc1Cl. The second-order valence-electron chi connectivity index (χ2n) is 5.09. The third-order valence-electron chi connectivity index (χ3n) is 3.54. The number of benzene rings is 1. The van der Waals surface area contributed by atoms with E-state index in [0.717, 1.165) is 7.11 Å². The maximum absolute atomic E-state index is 12.9. The molecule has 1 heterocycles. The quantitative estimate of drug-likeness (QED) is 0.505. The molecule has 1 aromatic heterocycles. The van der Waals surface area contributed by atoms with Crippen molar-refractivity contribution in [2.45, 2.75) is 4.90 Å². The van der Waals surface area contributed by atoms with E-state index in [2.05, 4.69) is 9.71 Å². The highest BCUT2D eigenvalue weighted by Gasteiger charge is 2.29. The number of carbonyl (C=O) groups excluding carboxylic acids is 1. The van der Waals surface area contributed by atoms with Crippen molar-refractivity contribution in [2.24, 2.45) is 0 Å². The van der Waals surface area contributed by atoms with Crippen LogP contribution in [0.15, 0.2) is 23.1 Å². The van der Waals surface area contributed by atoms with Crippen molar-refractivity contribution in [3.63, 3.8) is 0 Å². The minimum absolute atomic E-state index is 0.0166. The van der Waals surface area contributed by atoms with Crippen LogP contribution in [-0.2, 0) is 14.8 Å². The summed E-state index contributed by atoms with van der Waals surface area (Å²) in [5.41, 5.74) is -0.392. The van der Waals surface area contributed by atoms with Crippen LogP contribution in [-0.4, -0.2) is 47.8 Å². The highest BCUT2D eigenvalue weighted by Crippen LogP contribution is 2.46. The fourth-order valence-corrected chi connectivity index (χ4v) is 4.06. The normalized spacial score (nSPS) is 10.9. The maximum atomic E-state index is 12.9. The van der Waals surface area contributed by atoms with Crippen molar-refractivity contribution in [1.29, 1.82) is 0 Å². The third-order valence-corrected chi connectivity index (χ3v) is 5.53. The Balaban J connectivity index is 2.73. The van der Waals surface area contributed by atoms with Crippen molar-refractivity contribution in [2.75, 3.05) is 33.2 Å². The Hall–Kier alpha value is -2.43. The molecule has 2 aromatic rings. The second kappa shape index (κ2) is 8.72. The zero-order chi connectivity index (χ0) is 21.1. The number of aromatic nitrogens is 1. The Bertz CT molecular complexity index is 1010. The molecule has 0 unspecified atom stereocenters. The largest absolute Gasteiger partial charge is 0.493 e. The van der Waals surface area contributed by atoms with E-state index in [-0.39, 0.29) is 43.7 Å². The van der Waals surface area contributed by atoms with Crippen LogP contribution < -0.4 is 18.9 Å². The predicted molar refractivity (Wildman–Crippen MR) is 103 cm³/mol. The summed E-state index contributed by atoms with van der Waals surface area (Å²) in [6.07, 6.45) is 0. The van der Waals surface area contributed by atoms with Gasteiger partial charge < -0.3 is 18.9 Å². The molecule has 0 bridgehead atoms. The van der Waals surface area contributed by atoms with Gasteiger partial charge in [-0.05, 0) is 12.1 Å². The lowest BCUT2D eigenvalue weighted by Gasteiger charge is -2.19. The first-order valence-electron chi connectivity index (χ1n) is 7.46. The van der Waals surface area contributed by atoms with E-state index in [1.807, 2.05) is 0 Å². The summed E-state index contributed by atoms with van der Waals surface area (Å²) in [4.78, 5) is 15.6. The molecule has 0 radical (unpaired) electrons. The van der Waals surface area contributed by atoms with Crippen LogP contribution in [0.1, 0.15) is 10.4 Å². The zero-order valence-corrected chi connectivity index (χ0v) is 17.5. The molecule has 152 valence electrons. The van der Waals surface area contributed by atoms with E-state index in [1.165, 1.54) is 39.5 Å². The molecule has 0 spiro atoms. The zero-order valence-electron chi connectivity index (χ0n) is 15.2. The van der Waals surface area contributed by atoms with Crippen LogP contribution in [0.4, 0.5) is 5.69 Å². The van der Waals surface area contributed by atoms with Crippen molar-refractivity contribution in [1.82, 2.24) is 4.98 Å². The predicted octanol–water partition coefficient (Wildman–Crippen LogP) is 3.00. The number of halogens is 2. The first kappa shape index (κ1) is 21.9. The van der Waals surface area contributed by atoms with Gasteiger partial charge in [0.2, 0.25) is 5.75 Å². The molecule has 9 nitrogen and oxygen atoms in total. The average Bonchev–Trinajstić information content (AvgIpc) is 2.65. The van der Waals surface area contributed by atoms with E-state index in [4.69, 9.17) is 42.1 Å². The van der Waals surface area contributed by atoms with Crippen LogP contribution >= 0.6 is 23.2 Å². The second-order valence-corrected chi connectivity index (χ2v) is 7.48. The Kier molecular flexibility index (Phi) is 6.81. The molecule has 0 fully saturated rings. The van der Waals surface area contributed by atoms with Crippen molar-refractivity contribution >= 4 is 44.9 Å². The molecular weight excluding hydrogens is 435 g/mol. The van der Waals surface area contributed by atoms with Crippen molar-refractivity contribution in [3.05, 3.63) is 34.1 Å². The Morgan fingerprint density at radius 1 is 1.04 bits per heavy atom. The van der Waals surface area contributed by atoms with Crippen LogP contribution in [0, 0.1) is 0 Å². The molecule has 2 rings (SSSR count). The summed E-state index contributed by atoms with van der Waals surface area (Å²) in [5, 5.41) is -0.332. The average molecular weight is 451 g/mol. The molecule has 0 saturated heterocycles. The van der Waals surface area contributed by atoms with Crippen LogP contribution in [0.25, 0.3) is 0 Å². The maximum Gasteiger partial charge on any atom is 0.340 e. The molecule has 28 heavy (non-hydrogen) atoms. The number of rotatable bonds is 7. The molecule has 0 saturated carbocycles. The van der Waals surface area contributed by atoms with E-state index in [1.54, 1.807) is 0 Å². The van der Waals surface area contributed by atoms with E-state index in [9.17, 15) is 13.2 Å². The highest BCUT2D eigenvalue weighted by molar-refractivity contribution is 7.92. The smallest absolute Gasteiger partial charge is 0.340 e. The van der Waals surface area contributed by atoms with E-state index in [0.29, 0.717) is 0 Å². The lowest BCUT2D eigenvalue weighted by atomic mass is 10.1. The number of sulfonamides is 1. The van der Waals surface area contributed by atoms with Gasteiger partial charge in [-0.1, -0.05) is 23.2 Å². The Morgan fingerprint density at radius 2 is 1.68 bits per heavy atom. The standard InChI is InChI=1S/C16H16Cl2N2O7S/c1-24-9-7-8(16(21)27-4)12(14(26-3)13(9)25-2)20-28(22,23)10-5-6-11(17)19-15(10)18/h5-7,20H,1-4H3. The summed E-state index contributed by atoms with van der Waals surface area (Å²) in [5.74, 6) is -0.731. The number of methoxy groups -OCH3 is 4. The Labute approximate surface area is 171 Å². The number of nitrogens with one attached hydrogen (secondary N) is 1. The summed E-state index contributed by atoms with van der Waals surface area (Å²) < 4.78 is 48.4. The first-order valence-corrected chi connectivity index (χ1v) is 9.70. The number of anilines is 1. The summed E-state index contributed by atoms with van der Waals surface area (Å²) in [6, 6.07) is 3.69. The Morgan fingerprint density at radius 3 is 2.18 bits per heavy atom. The molecule has 0 aliphatic heterocycles. The minimum Gasteiger partial charge on any atom is -0.493 e. The van der Waals surface area contributed by atoms with E-state index >= 15 is 0 Å². The van der Waals surface area contributed by atoms with Gasteiger partial charge in [0.25, 0.3) is 10.0 Å². The number of nitrogens with zero attached hydrogens (tertiary/aromatic N) is 1. The molecule has 12 heteroatoms. The minimum atomic E-state index is -4.29. The molecule has 0 atom stereocenters.